The van der Waals surface area contributed by atoms with E-state index in [0.717, 1.165) is 103 Å². The second-order valence-corrected chi connectivity index (χ2v) is 21.7. The number of unbranched alkanes of at least 4 members (excludes halogenated alkanes) is 20. The van der Waals surface area contributed by atoms with Gasteiger partial charge in [0.05, 0.1) is 39.9 Å². The molecule has 3 atom stereocenters. The van der Waals surface area contributed by atoms with Crippen molar-refractivity contribution in [2.24, 2.45) is 0 Å². The fourth-order valence-electron chi connectivity index (χ4n) is 7.68. The summed E-state index contributed by atoms with van der Waals surface area (Å²) in [6, 6.07) is -0.857. The fourth-order valence-corrected chi connectivity index (χ4v) is 8.42. The summed E-state index contributed by atoms with van der Waals surface area (Å²) >= 11 is 0. The molecular formula is C63H110N2O6P+. The summed E-state index contributed by atoms with van der Waals surface area (Å²) in [5.41, 5.74) is 0. The largest absolute Gasteiger partial charge is 0.472 e. The molecule has 9 heteroatoms. The lowest BCUT2D eigenvalue weighted by atomic mass is 10.0. The van der Waals surface area contributed by atoms with Crippen molar-refractivity contribution >= 4 is 13.7 Å². The number of phosphoric acid groups is 1. The van der Waals surface area contributed by atoms with Crippen molar-refractivity contribution in [3.05, 3.63) is 122 Å². The second-order valence-electron chi connectivity index (χ2n) is 20.3. The molecule has 0 aromatic carbocycles. The molecule has 0 aliphatic carbocycles. The van der Waals surface area contributed by atoms with Crippen molar-refractivity contribution < 1.29 is 32.9 Å². The SMILES string of the molecule is CC/C=C\C/C=C\C/C=C\C/C=C\C/C=C\C/C=C\C/C=C\C/C=C\C/C=C\CCCCCCCCCCCC(=O)NC(COP(=O)(O)OCC[N+](C)(C)C)C(O)/C=C/CCCCCCCCCCCCC. The standard InChI is InChI=1S/C63H109N2O6P/c1-6-8-10-12-14-16-18-20-21-22-23-24-25-26-27-28-29-30-31-32-33-34-35-36-37-38-39-40-41-42-43-45-47-49-51-53-55-57-63(67)64-61(60-71-72(68,69)70-59-58-65(3,4)5)62(66)56-54-52-50-48-46-44-19-17-15-13-11-9-7-2/h8,10,14,16,20-21,23-24,26-27,29-30,32-33,35-36,38-39,54,56,61-62,66H,6-7,9,11-13,15,17-19,22,25,28,31,34,37,40-53,55,57-60H2,1-5H3,(H-,64,67,68,69)/p+1/b10-8-,16-14-,21-20-,24-23-,27-26-,30-29-,33-32-,36-35-,39-38-,56-54+. The van der Waals surface area contributed by atoms with Crippen LogP contribution in [0.1, 0.15) is 219 Å². The van der Waals surface area contributed by atoms with Gasteiger partial charge in [0, 0.05) is 6.42 Å². The quantitative estimate of drug-likeness (QED) is 0.0243. The molecule has 0 fully saturated rings. The molecule has 0 aromatic heterocycles. The average Bonchev–Trinajstić information content (AvgIpc) is 3.34. The molecular weight excluding hydrogens is 912 g/mol. The zero-order valence-corrected chi connectivity index (χ0v) is 47.8. The fraction of sp³-hybridized carbons (Fsp3) is 0.667. The molecule has 412 valence electrons. The molecule has 1 amide bonds. The zero-order chi connectivity index (χ0) is 52.7. The third kappa shape index (κ3) is 54.7. The van der Waals surface area contributed by atoms with Gasteiger partial charge in [-0.15, -0.1) is 0 Å². The summed E-state index contributed by atoms with van der Waals surface area (Å²) < 4.78 is 23.6. The third-order valence-electron chi connectivity index (χ3n) is 12.2. The number of nitrogens with one attached hydrogen (secondary N) is 1. The van der Waals surface area contributed by atoms with Crippen molar-refractivity contribution in [1.29, 1.82) is 0 Å². The molecule has 72 heavy (non-hydrogen) atoms. The Balaban J connectivity index is 4.14. The number of hydrogen-bond donors (Lipinski definition) is 3. The Labute approximate surface area is 444 Å². The van der Waals surface area contributed by atoms with Crippen LogP contribution in [0.5, 0.6) is 0 Å². The first-order chi connectivity index (χ1) is 35.0. The summed E-state index contributed by atoms with van der Waals surface area (Å²) in [5.74, 6) is -0.189. The van der Waals surface area contributed by atoms with Gasteiger partial charge in [-0.25, -0.2) is 4.57 Å². The average molecular weight is 1020 g/mol. The van der Waals surface area contributed by atoms with Crippen LogP contribution >= 0.6 is 7.82 Å². The Morgan fingerprint density at radius 3 is 1.22 bits per heavy atom. The Morgan fingerprint density at radius 1 is 0.486 bits per heavy atom. The van der Waals surface area contributed by atoms with Gasteiger partial charge in [0.1, 0.15) is 13.2 Å². The molecule has 3 N–H and O–H groups in total. The van der Waals surface area contributed by atoms with Gasteiger partial charge in [0.15, 0.2) is 0 Å². The van der Waals surface area contributed by atoms with Gasteiger partial charge < -0.3 is 19.8 Å². The number of nitrogens with zero attached hydrogens (tertiary/aromatic N) is 1. The number of carbonyl (C=O) groups is 1. The van der Waals surface area contributed by atoms with Gasteiger partial charge in [0.2, 0.25) is 5.91 Å². The highest BCUT2D eigenvalue weighted by atomic mass is 31.2. The van der Waals surface area contributed by atoms with E-state index in [1.807, 2.05) is 27.2 Å². The van der Waals surface area contributed by atoms with E-state index in [9.17, 15) is 19.4 Å². The molecule has 0 rings (SSSR count). The second kappa shape index (κ2) is 52.8. The zero-order valence-electron chi connectivity index (χ0n) is 46.9. The number of hydrogen-bond acceptors (Lipinski definition) is 5. The van der Waals surface area contributed by atoms with E-state index < -0.39 is 20.0 Å². The van der Waals surface area contributed by atoms with Gasteiger partial charge in [-0.05, 0) is 89.9 Å². The van der Waals surface area contributed by atoms with Crippen LogP contribution in [0.4, 0.5) is 0 Å². The number of carbonyl (C=O) groups excluding carboxylic acids is 1. The van der Waals surface area contributed by atoms with Crippen molar-refractivity contribution in [3.8, 4) is 0 Å². The van der Waals surface area contributed by atoms with E-state index in [-0.39, 0.29) is 19.1 Å². The number of aliphatic hydroxyl groups excluding tert-OH is 1. The molecule has 3 unspecified atom stereocenters. The maximum absolute atomic E-state index is 13.0. The van der Waals surface area contributed by atoms with Crippen molar-refractivity contribution in [2.45, 2.75) is 231 Å². The maximum Gasteiger partial charge on any atom is 0.472 e. The number of allylic oxidation sites excluding steroid dienone is 19. The molecule has 0 saturated carbocycles. The first-order valence-corrected chi connectivity index (χ1v) is 30.4. The van der Waals surface area contributed by atoms with Crippen LogP contribution in [0.2, 0.25) is 0 Å². The lowest BCUT2D eigenvalue weighted by Gasteiger charge is -2.25. The predicted octanol–water partition coefficient (Wildman–Crippen LogP) is 17.8. The van der Waals surface area contributed by atoms with Crippen LogP contribution in [0, 0.1) is 0 Å². The van der Waals surface area contributed by atoms with Gasteiger partial charge in [-0.2, -0.15) is 0 Å². The van der Waals surface area contributed by atoms with E-state index in [1.54, 1.807) is 6.08 Å². The normalized spacial score (nSPS) is 14.8. The summed E-state index contributed by atoms with van der Waals surface area (Å²) in [6.07, 6.45) is 78.7. The van der Waals surface area contributed by atoms with Gasteiger partial charge in [-0.3, -0.25) is 13.8 Å². The highest BCUT2D eigenvalue weighted by molar-refractivity contribution is 7.47. The minimum absolute atomic E-state index is 0.0547. The van der Waals surface area contributed by atoms with Crippen LogP contribution in [-0.2, 0) is 18.4 Å². The lowest BCUT2D eigenvalue weighted by Crippen LogP contribution is -2.45. The Kier molecular flexibility index (Phi) is 50.5. The molecule has 0 saturated heterocycles. The predicted molar refractivity (Wildman–Crippen MR) is 313 cm³/mol. The van der Waals surface area contributed by atoms with Gasteiger partial charge in [-0.1, -0.05) is 245 Å². The van der Waals surface area contributed by atoms with Gasteiger partial charge in [0.25, 0.3) is 0 Å². The first-order valence-electron chi connectivity index (χ1n) is 28.9. The smallest absolute Gasteiger partial charge is 0.387 e. The van der Waals surface area contributed by atoms with Crippen molar-refractivity contribution in [3.63, 3.8) is 0 Å². The molecule has 8 nitrogen and oxygen atoms in total. The number of phosphoric ester groups is 1. The number of likely N-dealkylation sites (N-methyl/N-ethyl adjacent to an activating group) is 1. The molecule has 0 aliphatic heterocycles. The number of rotatable bonds is 51. The van der Waals surface area contributed by atoms with Crippen molar-refractivity contribution in [1.82, 2.24) is 5.32 Å². The number of amides is 1. The van der Waals surface area contributed by atoms with Crippen LogP contribution in [0.15, 0.2) is 122 Å². The van der Waals surface area contributed by atoms with Crippen LogP contribution in [-0.4, -0.2) is 73.4 Å². The van der Waals surface area contributed by atoms with E-state index in [0.29, 0.717) is 17.4 Å². The molecule has 0 spiro atoms. The third-order valence-corrected chi connectivity index (χ3v) is 13.2. The minimum atomic E-state index is -4.35. The topological polar surface area (TPSA) is 105 Å². The highest BCUT2D eigenvalue weighted by Gasteiger charge is 2.27. The molecule has 0 bridgehead atoms. The van der Waals surface area contributed by atoms with E-state index >= 15 is 0 Å². The summed E-state index contributed by atoms with van der Waals surface area (Å²) in [6.45, 7) is 4.68. The number of aliphatic hydroxyl groups is 1. The Bertz CT molecular complexity index is 1580. The monoisotopic (exact) mass is 1020 g/mol. The first kappa shape index (κ1) is 68.9. The van der Waals surface area contributed by atoms with Crippen LogP contribution in [0.3, 0.4) is 0 Å². The minimum Gasteiger partial charge on any atom is -0.387 e. The number of quaternary nitrogens is 1. The van der Waals surface area contributed by atoms with E-state index in [1.165, 1.54) is 96.3 Å². The molecule has 0 aromatic rings. The maximum atomic E-state index is 13.0. The molecule has 0 aliphatic rings. The van der Waals surface area contributed by atoms with Crippen LogP contribution < -0.4 is 5.32 Å². The summed E-state index contributed by atoms with van der Waals surface area (Å²) in [4.78, 5) is 23.2. The van der Waals surface area contributed by atoms with E-state index in [4.69, 9.17) is 9.05 Å². The van der Waals surface area contributed by atoms with E-state index in [2.05, 4.69) is 129 Å². The molecule has 0 heterocycles. The highest BCUT2D eigenvalue weighted by Crippen LogP contribution is 2.43. The summed E-state index contributed by atoms with van der Waals surface area (Å²) in [7, 11) is 1.55. The van der Waals surface area contributed by atoms with Crippen molar-refractivity contribution in [2.75, 3.05) is 40.9 Å². The van der Waals surface area contributed by atoms with Gasteiger partial charge >= 0.3 is 7.82 Å². The lowest BCUT2D eigenvalue weighted by molar-refractivity contribution is -0.870. The Morgan fingerprint density at radius 2 is 0.833 bits per heavy atom. The Hall–Kier alpha value is -3.10. The van der Waals surface area contributed by atoms with Crippen LogP contribution in [0.25, 0.3) is 0 Å². The summed E-state index contributed by atoms with van der Waals surface area (Å²) in [5, 5.41) is 13.9. The molecule has 0 radical (unpaired) electrons.